The Morgan fingerprint density at radius 1 is 0.833 bits per heavy atom. The van der Waals surface area contributed by atoms with Crippen molar-refractivity contribution < 1.29 is 4.39 Å². The van der Waals surface area contributed by atoms with Crippen molar-refractivity contribution >= 4 is 0 Å². The Morgan fingerprint density at radius 2 is 1.42 bits per heavy atom. The third-order valence-corrected chi connectivity index (χ3v) is 9.04. The van der Waals surface area contributed by atoms with E-state index in [1.807, 2.05) is 6.08 Å². The van der Waals surface area contributed by atoms with E-state index >= 15 is 0 Å². The molecule has 0 unspecified atom stereocenters. The first-order chi connectivity index (χ1) is 17.7. The van der Waals surface area contributed by atoms with Gasteiger partial charge in [0.1, 0.15) is 6.07 Å². The van der Waals surface area contributed by atoms with E-state index in [1.54, 1.807) is 11.6 Å². The average molecular weight is 492 g/mol. The summed E-state index contributed by atoms with van der Waals surface area (Å²) < 4.78 is 12.8. The van der Waals surface area contributed by atoms with Crippen LogP contribution in [0.3, 0.4) is 0 Å². The van der Waals surface area contributed by atoms with Crippen LogP contribution in [0.5, 0.6) is 0 Å². The second-order valence-electron chi connectivity index (χ2n) is 11.7. The smallest absolute Gasteiger partial charge is 0.195 e. The molecule has 2 saturated carbocycles. The number of nitrogens with zero attached hydrogens (tertiary/aromatic N) is 1. The van der Waals surface area contributed by atoms with E-state index in [0.717, 1.165) is 30.1 Å². The molecule has 198 valence electrons. The number of nitriles is 1. The number of hydrogen-bond donors (Lipinski definition) is 0. The number of halogens is 1. The summed E-state index contributed by atoms with van der Waals surface area (Å²) in [6.45, 7) is 2.28. The summed E-state index contributed by atoms with van der Waals surface area (Å²) in [6, 6.07) is 11.2. The Balaban J connectivity index is 1.26. The van der Waals surface area contributed by atoms with Crippen LogP contribution in [0.4, 0.5) is 4.39 Å². The number of hydrogen-bond acceptors (Lipinski definition) is 1. The second-order valence-corrected chi connectivity index (χ2v) is 11.7. The van der Waals surface area contributed by atoms with Gasteiger partial charge in [0.15, 0.2) is 5.83 Å². The van der Waals surface area contributed by atoms with Gasteiger partial charge in [-0.1, -0.05) is 108 Å². The lowest BCUT2D eigenvalue weighted by atomic mass is 9.74. The van der Waals surface area contributed by atoms with Crippen molar-refractivity contribution in [2.45, 2.75) is 128 Å². The van der Waals surface area contributed by atoms with E-state index < -0.39 is 5.83 Å². The molecular formula is C34H50FN. The first-order valence-corrected chi connectivity index (χ1v) is 15.2. The van der Waals surface area contributed by atoms with Crippen LogP contribution in [-0.4, -0.2) is 0 Å². The molecule has 0 spiro atoms. The molecule has 3 rings (SSSR count). The monoisotopic (exact) mass is 491 g/mol. The maximum absolute atomic E-state index is 12.8. The molecule has 2 heteroatoms. The van der Waals surface area contributed by atoms with Gasteiger partial charge in [0.2, 0.25) is 0 Å². The van der Waals surface area contributed by atoms with Gasteiger partial charge >= 0.3 is 0 Å². The van der Waals surface area contributed by atoms with E-state index in [0.29, 0.717) is 0 Å². The van der Waals surface area contributed by atoms with Gasteiger partial charge in [0, 0.05) is 0 Å². The standard InChI is InChI=1S/C34H50FN/c1-2-3-4-5-7-10-29-19-23-32(24-20-29)33-25-21-31(22-26-33)18-17-30-15-13-28(14-16-30)11-8-6-9-12-34(35)27-36/h6,9,12,19-20,23-24,28,30-31,33H,2-5,7-8,10-11,13-18,21-22,25-26H2,1H3/t28-,30-,31-,33-. The predicted molar refractivity (Wildman–Crippen MR) is 151 cm³/mol. The fraction of sp³-hybridized carbons (Fsp3) is 0.676. The number of unbranched alkanes of at least 4 members (excludes halogenated alkanes) is 4. The third kappa shape index (κ3) is 10.6. The van der Waals surface area contributed by atoms with Gasteiger partial charge in [-0.2, -0.15) is 9.65 Å². The van der Waals surface area contributed by atoms with Gasteiger partial charge in [-0.3, -0.25) is 0 Å². The van der Waals surface area contributed by atoms with E-state index in [2.05, 4.69) is 31.2 Å². The molecule has 0 radical (unpaired) electrons. The van der Waals surface area contributed by atoms with Gasteiger partial charge in [-0.15, -0.1) is 0 Å². The molecule has 1 nitrogen and oxygen atoms in total. The Kier molecular flexibility index (Phi) is 13.4. The summed E-state index contributed by atoms with van der Waals surface area (Å²) in [6.07, 6.45) is 29.2. The quantitative estimate of drug-likeness (QED) is 0.144. The summed E-state index contributed by atoms with van der Waals surface area (Å²) >= 11 is 0. The molecule has 0 aromatic heterocycles. The van der Waals surface area contributed by atoms with Gasteiger partial charge in [0.25, 0.3) is 0 Å². The van der Waals surface area contributed by atoms with Crippen LogP contribution in [0, 0.1) is 29.1 Å². The Labute approximate surface area is 221 Å². The van der Waals surface area contributed by atoms with Crippen LogP contribution in [0.1, 0.15) is 133 Å². The fourth-order valence-corrected chi connectivity index (χ4v) is 6.57. The van der Waals surface area contributed by atoms with Crippen molar-refractivity contribution in [1.29, 1.82) is 5.26 Å². The summed E-state index contributed by atoms with van der Waals surface area (Å²) in [5, 5.41) is 8.43. The zero-order valence-electron chi connectivity index (χ0n) is 22.9. The Hall–Kier alpha value is -1.88. The highest BCUT2D eigenvalue weighted by Crippen LogP contribution is 2.40. The number of allylic oxidation sites excluding steroid dienone is 4. The molecule has 0 atom stereocenters. The van der Waals surface area contributed by atoms with Crippen molar-refractivity contribution in [2.24, 2.45) is 17.8 Å². The molecule has 0 saturated heterocycles. The molecule has 0 N–H and O–H groups in total. The molecule has 0 bridgehead atoms. The SMILES string of the molecule is CCCCCCCc1ccc([C@H]2CC[C@H](CC[C@H]3CC[C@H](CCC=CC=C(F)C#N)CC3)CC2)cc1. The Bertz CT molecular complexity index is 814. The number of aryl methyl sites for hydroxylation is 1. The minimum atomic E-state index is -0.710. The van der Waals surface area contributed by atoms with E-state index in [4.69, 9.17) is 5.26 Å². The largest absolute Gasteiger partial charge is 0.199 e. The van der Waals surface area contributed by atoms with Crippen LogP contribution < -0.4 is 0 Å². The summed E-state index contributed by atoms with van der Waals surface area (Å²) in [5.74, 6) is 2.80. The minimum Gasteiger partial charge on any atom is -0.195 e. The van der Waals surface area contributed by atoms with Crippen LogP contribution in [0.25, 0.3) is 0 Å². The topological polar surface area (TPSA) is 23.8 Å². The normalized spacial score (nSPS) is 25.2. The fourth-order valence-electron chi connectivity index (χ4n) is 6.57. The highest BCUT2D eigenvalue weighted by molar-refractivity contribution is 5.26. The number of rotatable bonds is 14. The lowest BCUT2D eigenvalue weighted by molar-refractivity contribution is 0.225. The first-order valence-electron chi connectivity index (χ1n) is 15.2. The van der Waals surface area contributed by atoms with Gasteiger partial charge in [-0.05, 0) is 92.2 Å². The van der Waals surface area contributed by atoms with E-state index in [9.17, 15) is 4.39 Å². The van der Waals surface area contributed by atoms with E-state index in [1.165, 1.54) is 127 Å². The summed E-state index contributed by atoms with van der Waals surface area (Å²) in [7, 11) is 0. The van der Waals surface area contributed by atoms with E-state index in [-0.39, 0.29) is 0 Å². The summed E-state index contributed by atoms with van der Waals surface area (Å²) in [5.41, 5.74) is 3.11. The maximum Gasteiger partial charge on any atom is 0.199 e. The molecular weight excluding hydrogens is 441 g/mol. The minimum absolute atomic E-state index is 0.710. The zero-order valence-corrected chi connectivity index (χ0v) is 22.9. The van der Waals surface area contributed by atoms with Gasteiger partial charge in [-0.25, -0.2) is 0 Å². The molecule has 36 heavy (non-hydrogen) atoms. The van der Waals surface area contributed by atoms with Crippen molar-refractivity contribution in [3.05, 3.63) is 59.4 Å². The van der Waals surface area contributed by atoms with Crippen LogP contribution in [0.2, 0.25) is 0 Å². The van der Waals surface area contributed by atoms with Gasteiger partial charge < -0.3 is 0 Å². The van der Waals surface area contributed by atoms with Gasteiger partial charge in [0.05, 0.1) is 0 Å². The van der Waals surface area contributed by atoms with Crippen molar-refractivity contribution in [2.75, 3.05) is 0 Å². The molecule has 0 aliphatic heterocycles. The molecule has 1 aromatic carbocycles. The van der Waals surface area contributed by atoms with Crippen LogP contribution in [-0.2, 0) is 6.42 Å². The van der Waals surface area contributed by atoms with Crippen LogP contribution in [0.15, 0.2) is 48.3 Å². The second kappa shape index (κ2) is 16.8. The molecule has 2 fully saturated rings. The molecule has 0 heterocycles. The number of benzene rings is 1. The van der Waals surface area contributed by atoms with Crippen LogP contribution >= 0.6 is 0 Å². The highest BCUT2D eigenvalue weighted by atomic mass is 19.1. The predicted octanol–water partition coefficient (Wildman–Crippen LogP) is 10.8. The van der Waals surface area contributed by atoms with Crippen molar-refractivity contribution in [1.82, 2.24) is 0 Å². The van der Waals surface area contributed by atoms with Crippen molar-refractivity contribution in [3.8, 4) is 6.07 Å². The molecule has 1 aromatic rings. The highest BCUT2D eigenvalue weighted by Gasteiger charge is 2.25. The lowest BCUT2D eigenvalue weighted by Crippen LogP contribution is -2.17. The average Bonchev–Trinajstić information content (AvgIpc) is 2.93. The van der Waals surface area contributed by atoms with Crippen molar-refractivity contribution in [3.63, 3.8) is 0 Å². The third-order valence-electron chi connectivity index (χ3n) is 9.04. The maximum atomic E-state index is 12.8. The summed E-state index contributed by atoms with van der Waals surface area (Å²) in [4.78, 5) is 0. The molecule has 0 amide bonds. The zero-order chi connectivity index (χ0) is 25.4. The Morgan fingerprint density at radius 3 is 2.03 bits per heavy atom. The lowest BCUT2D eigenvalue weighted by Gasteiger charge is -2.32. The molecule has 2 aliphatic rings. The molecule has 2 aliphatic carbocycles. The first kappa shape index (κ1) is 28.7.